The summed E-state index contributed by atoms with van der Waals surface area (Å²) in [6.07, 6.45) is 0. The van der Waals surface area contributed by atoms with E-state index in [9.17, 15) is 14.5 Å². The van der Waals surface area contributed by atoms with Gasteiger partial charge in [-0.25, -0.2) is 4.39 Å². The largest absolute Gasteiger partial charge is 0.269 e. The van der Waals surface area contributed by atoms with Crippen molar-refractivity contribution < 1.29 is 9.31 Å². The number of nitrogens with zero attached hydrogens (tertiary/aromatic N) is 1. The minimum Gasteiger partial charge on any atom is -0.258 e. The Morgan fingerprint density at radius 2 is 1.83 bits per heavy atom. The lowest BCUT2D eigenvalue weighted by Crippen LogP contribution is -1.86. The number of hydrogen-bond donors (Lipinski definition) is 0. The zero-order chi connectivity index (χ0) is 13.0. The molecule has 2 aromatic carbocycles. The monoisotopic (exact) mass is 263 g/mol. The predicted octanol–water partition coefficient (Wildman–Crippen LogP) is 4.22. The van der Waals surface area contributed by atoms with E-state index in [1.54, 1.807) is 30.3 Å². The van der Waals surface area contributed by atoms with E-state index in [1.165, 1.54) is 23.9 Å². The number of non-ortho nitro benzene ring substituents is 1. The molecule has 2 rings (SSSR count). The smallest absolute Gasteiger partial charge is 0.258 e. The number of halogens is 1. The summed E-state index contributed by atoms with van der Waals surface area (Å²) in [7, 11) is 0. The number of nitro benzene ring substituents is 1. The van der Waals surface area contributed by atoms with Gasteiger partial charge in [-0.15, -0.1) is 0 Å². The van der Waals surface area contributed by atoms with E-state index in [0.717, 1.165) is 9.79 Å². The maximum Gasteiger partial charge on any atom is 0.269 e. The van der Waals surface area contributed by atoms with Gasteiger partial charge in [0.2, 0.25) is 0 Å². The van der Waals surface area contributed by atoms with Crippen LogP contribution in [0.4, 0.5) is 10.1 Å². The Morgan fingerprint density at radius 3 is 2.44 bits per heavy atom. The fourth-order valence-electron chi connectivity index (χ4n) is 1.46. The second-order valence-corrected chi connectivity index (χ2v) is 4.78. The average Bonchev–Trinajstić information content (AvgIpc) is 2.39. The van der Waals surface area contributed by atoms with Crippen LogP contribution in [0.25, 0.3) is 0 Å². The van der Waals surface area contributed by atoms with Gasteiger partial charge in [0.25, 0.3) is 5.69 Å². The Kier molecular flexibility index (Phi) is 3.94. The summed E-state index contributed by atoms with van der Waals surface area (Å²) in [5.41, 5.74) is 0.693. The Bertz CT molecular complexity index is 557. The first-order valence-electron chi connectivity index (χ1n) is 5.26. The molecule has 0 radical (unpaired) electrons. The second kappa shape index (κ2) is 5.64. The number of rotatable bonds is 4. The van der Waals surface area contributed by atoms with Crippen LogP contribution < -0.4 is 0 Å². The van der Waals surface area contributed by atoms with E-state index in [0.29, 0.717) is 5.56 Å². The number of hydrogen-bond acceptors (Lipinski definition) is 3. The van der Waals surface area contributed by atoms with Gasteiger partial charge in [0.15, 0.2) is 0 Å². The highest BCUT2D eigenvalue weighted by atomic mass is 32.2. The van der Waals surface area contributed by atoms with Crippen molar-refractivity contribution in [2.45, 2.75) is 16.5 Å². The zero-order valence-corrected chi connectivity index (χ0v) is 10.2. The van der Waals surface area contributed by atoms with Crippen LogP contribution in [-0.4, -0.2) is 4.92 Å². The lowest BCUT2D eigenvalue weighted by molar-refractivity contribution is -0.384. The number of nitro groups is 1. The molecule has 0 aliphatic carbocycles. The number of benzene rings is 2. The Morgan fingerprint density at radius 1 is 1.11 bits per heavy atom. The molecule has 0 aromatic heterocycles. The van der Waals surface area contributed by atoms with Gasteiger partial charge in [0.05, 0.1) is 4.92 Å². The minimum absolute atomic E-state index is 0.0665. The molecule has 5 heteroatoms. The molecule has 0 saturated carbocycles. The van der Waals surface area contributed by atoms with Crippen LogP contribution in [0.1, 0.15) is 5.56 Å². The molecule has 0 amide bonds. The Labute approximate surface area is 108 Å². The molecular formula is C13H10FNO2S. The molecule has 2 aromatic rings. The highest BCUT2D eigenvalue weighted by Gasteiger charge is 2.05. The molecular weight excluding hydrogens is 253 g/mol. The number of alkyl halides is 1. The molecule has 0 aliphatic rings. The van der Waals surface area contributed by atoms with Crippen molar-refractivity contribution in [2.24, 2.45) is 0 Å². The van der Waals surface area contributed by atoms with E-state index in [1.807, 2.05) is 6.07 Å². The molecule has 0 aliphatic heterocycles. The molecule has 0 saturated heterocycles. The summed E-state index contributed by atoms with van der Waals surface area (Å²) in [5.74, 6) is 0. The Hall–Kier alpha value is -1.88. The van der Waals surface area contributed by atoms with Crippen molar-refractivity contribution in [1.82, 2.24) is 0 Å². The molecule has 0 fully saturated rings. The van der Waals surface area contributed by atoms with E-state index >= 15 is 0 Å². The van der Waals surface area contributed by atoms with Crippen LogP contribution >= 0.6 is 11.8 Å². The van der Waals surface area contributed by atoms with E-state index in [-0.39, 0.29) is 5.69 Å². The third-order valence-electron chi connectivity index (χ3n) is 2.34. The third-order valence-corrected chi connectivity index (χ3v) is 3.33. The van der Waals surface area contributed by atoms with Gasteiger partial charge in [-0.05, 0) is 29.8 Å². The highest BCUT2D eigenvalue weighted by Crippen LogP contribution is 2.29. The van der Waals surface area contributed by atoms with E-state index < -0.39 is 11.6 Å². The molecule has 3 nitrogen and oxygen atoms in total. The summed E-state index contributed by atoms with van der Waals surface area (Å²) in [5, 5.41) is 10.5. The first-order chi connectivity index (χ1) is 8.69. The van der Waals surface area contributed by atoms with Crippen LogP contribution in [0, 0.1) is 10.1 Å². The first-order valence-corrected chi connectivity index (χ1v) is 6.08. The SMILES string of the molecule is O=[N+]([O-])c1ccc(Sc2cccc(CF)c2)cc1. The van der Waals surface area contributed by atoms with Gasteiger partial charge in [-0.3, -0.25) is 10.1 Å². The van der Waals surface area contributed by atoms with Crippen LogP contribution in [0.5, 0.6) is 0 Å². The van der Waals surface area contributed by atoms with Crippen molar-refractivity contribution >= 4 is 17.4 Å². The molecule has 92 valence electrons. The average molecular weight is 263 g/mol. The van der Waals surface area contributed by atoms with Gasteiger partial charge in [-0.2, -0.15) is 0 Å². The molecule has 0 unspecified atom stereocenters. The van der Waals surface area contributed by atoms with Gasteiger partial charge in [-0.1, -0.05) is 23.9 Å². The Balaban J connectivity index is 2.15. The minimum atomic E-state index is -0.491. The molecule has 0 atom stereocenters. The van der Waals surface area contributed by atoms with Crippen LogP contribution in [0.2, 0.25) is 0 Å². The maximum absolute atomic E-state index is 12.5. The summed E-state index contributed by atoms with van der Waals surface area (Å²) >= 11 is 1.45. The van der Waals surface area contributed by atoms with Crippen molar-refractivity contribution in [1.29, 1.82) is 0 Å². The fourth-order valence-corrected chi connectivity index (χ4v) is 2.37. The van der Waals surface area contributed by atoms with Gasteiger partial charge >= 0.3 is 0 Å². The molecule has 0 heterocycles. The molecule has 0 N–H and O–H groups in total. The van der Waals surface area contributed by atoms with Gasteiger partial charge < -0.3 is 0 Å². The van der Waals surface area contributed by atoms with Crippen molar-refractivity contribution in [3.63, 3.8) is 0 Å². The third kappa shape index (κ3) is 3.07. The first kappa shape index (κ1) is 12.6. The molecule has 0 bridgehead atoms. The van der Waals surface area contributed by atoms with Crippen molar-refractivity contribution in [2.75, 3.05) is 0 Å². The summed E-state index contributed by atoms with van der Waals surface area (Å²) in [4.78, 5) is 11.9. The quantitative estimate of drug-likeness (QED) is 0.612. The van der Waals surface area contributed by atoms with Crippen LogP contribution in [-0.2, 0) is 6.67 Å². The van der Waals surface area contributed by atoms with E-state index in [2.05, 4.69) is 0 Å². The lowest BCUT2D eigenvalue weighted by atomic mass is 10.2. The topological polar surface area (TPSA) is 43.1 Å². The molecule has 18 heavy (non-hydrogen) atoms. The standard InChI is InChI=1S/C13H10FNO2S/c14-9-10-2-1-3-13(8-10)18-12-6-4-11(5-7-12)15(16)17/h1-8H,9H2. The van der Waals surface area contributed by atoms with Crippen molar-refractivity contribution in [3.05, 3.63) is 64.2 Å². The maximum atomic E-state index is 12.5. The zero-order valence-electron chi connectivity index (χ0n) is 9.38. The van der Waals surface area contributed by atoms with Crippen LogP contribution in [0.3, 0.4) is 0 Å². The van der Waals surface area contributed by atoms with Crippen molar-refractivity contribution in [3.8, 4) is 0 Å². The van der Waals surface area contributed by atoms with Gasteiger partial charge in [0, 0.05) is 21.9 Å². The predicted molar refractivity (Wildman–Crippen MR) is 68.5 cm³/mol. The highest BCUT2D eigenvalue weighted by molar-refractivity contribution is 7.99. The second-order valence-electron chi connectivity index (χ2n) is 3.63. The lowest BCUT2D eigenvalue weighted by Gasteiger charge is -2.02. The van der Waals surface area contributed by atoms with Gasteiger partial charge in [0.1, 0.15) is 6.67 Å². The normalized spacial score (nSPS) is 10.3. The van der Waals surface area contributed by atoms with Crippen LogP contribution in [0.15, 0.2) is 58.3 Å². The summed E-state index contributed by atoms with van der Waals surface area (Å²) in [6, 6.07) is 13.5. The summed E-state index contributed by atoms with van der Waals surface area (Å²) < 4.78 is 12.5. The molecule has 0 spiro atoms. The van der Waals surface area contributed by atoms with E-state index in [4.69, 9.17) is 0 Å². The fraction of sp³-hybridized carbons (Fsp3) is 0.0769. The summed E-state index contributed by atoms with van der Waals surface area (Å²) in [6.45, 7) is -0.491.